The molecule has 2 amide bonds. The molecule has 7 nitrogen and oxygen atoms in total. The fourth-order valence-corrected chi connectivity index (χ4v) is 4.45. The third-order valence-electron chi connectivity index (χ3n) is 5.21. The van der Waals surface area contributed by atoms with Gasteiger partial charge in [-0.15, -0.1) is 0 Å². The van der Waals surface area contributed by atoms with Crippen molar-refractivity contribution in [3.63, 3.8) is 0 Å². The second-order valence-electron chi connectivity index (χ2n) is 8.44. The molecule has 2 rings (SSSR count). The molecule has 186 valence electrons. The number of nitrogens with one attached hydrogen (secondary N) is 1. The van der Waals surface area contributed by atoms with Crippen molar-refractivity contribution >= 4 is 39.1 Å². The molecule has 0 heterocycles. The number of aryl methyl sites for hydroxylation is 1. The summed E-state index contributed by atoms with van der Waals surface area (Å²) in [6, 6.07) is 9.32. The minimum atomic E-state index is -3.85. The zero-order valence-electron chi connectivity index (χ0n) is 20.0. The predicted octanol–water partition coefficient (Wildman–Crippen LogP) is 3.89. The first-order valence-electron chi connectivity index (χ1n) is 10.9. The molecule has 2 aromatic rings. The van der Waals surface area contributed by atoms with Gasteiger partial charge in [-0.25, -0.2) is 12.8 Å². The number of hydrogen-bond donors (Lipinski definition) is 1. The van der Waals surface area contributed by atoms with E-state index in [1.807, 2.05) is 13.8 Å². The van der Waals surface area contributed by atoms with Gasteiger partial charge in [-0.2, -0.15) is 0 Å². The highest BCUT2D eigenvalue weighted by atomic mass is 35.5. The van der Waals surface area contributed by atoms with Crippen LogP contribution in [0.15, 0.2) is 42.5 Å². The number of carbonyl (C=O) groups excluding carboxylic acids is 2. The van der Waals surface area contributed by atoms with Crippen molar-refractivity contribution in [3.05, 3.63) is 64.4 Å². The Kier molecular flexibility index (Phi) is 9.46. The van der Waals surface area contributed by atoms with Crippen molar-refractivity contribution in [1.29, 1.82) is 0 Å². The molecule has 0 saturated heterocycles. The summed E-state index contributed by atoms with van der Waals surface area (Å²) in [5.74, 6) is -1.35. The molecule has 34 heavy (non-hydrogen) atoms. The number of anilines is 1. The van der Waals surface area contributed by atoms with Crippen molar-refractivity contribution in [2.75, 3.05) is 17.1 Å². The SMILES string of the molecule is CC[C@@H](C(=O)NC(C)C)N(Cc1ccc(F)cc1)C(=O)CN(c1ccc(C)c(Cl)c1)S(C)(=O)=O. The minimum Gasteiger partial charge on any atom is -0.352 e. The molecule has 0 aliphatic heterocycles. The van der Waals surface area contributed by atoms with E-state index in [2.05, 4.69) is 5.32 Å². The smallest absolute Gasteiger partial charge is 0.244 e. The summed E-state index contributed by atoms with van der Waals surface area (Å²) in [6.45, 7) is 6.65. The number of sulfonamides is 1. The maximum atomic E-state index is 13.5. The van der Waals surface area contributed by atoms with Crippen molar-refractivity contribution in [2.24, 2.45) is 0 Å². The summed E-state index contributed by atoms with van der Waals surface area (Å²) in [5.41, 5.74) is 1.61. The van der Waals surface area contributed by atoms with E-state index >= 15 is 0 Å². The van der Waals surface area contributed by atoms with Gasteiger partial charge in [0.2, 0.25) is 21.8 Å². The number of amides is 2. The van der Waals surface area contributed by atoms with Crippen LogP contribution in [-0.4, -0.2) is 50.0 Å². The molecule has 0 aliphatic carbocycles. The third-order valence-corrected chi connectivity index (χ3v) is 6.75. The second kappa shape index (κ2) is 11.7. The van der Waals surface area contributed by atoms with Gasteiger partial charge < -0.3 is 10.2 Å². The van der Waals surface area contributed by atoms with Gasteiger partial charge in [0.25, 0.3) is 0 Å². The molecule has 0 radical (unpaired) electrons. The summed E-state index contributed by atoms with van der Waals surface area (Å²) < 4.78 is 39.5. The summed E-state index contributed by atoms with van der Waals surface area (Å²) in [5, 5.41) is 3.18. The highest BCUT2D eigenvalue weighted by Gasteiger charge is 2.32. The quantitative estimate of drug-likeness (QED) is 0.524. The first kappa shape index (κ1) is 27.6. The van der Waals surface area contributed by atoms with Crippen LogP contribution in [0.4, 0.5) is 10.1 Å². The Morgan fingerprint density at radius 3 is 2.24 bits per heavy atom. The largest absolute Gasteiger partial charge is 0.352 e. The number of benzene rings is 2. The lowest BCUT2D eigenvalue weighted by molar-refractivity contribution is -0.140. The van der Waals surface area contributed by atoms with Crippen molar-refractivity contribution in [1.82, 2.24) is 10.2 Å². The van der Waals surface area contributed by atoms with E-state index in [0.29, 0.717) is 17.0 Å². The third kappa shape index (κ3) is 7.43. The molecular formula is C24H31ClFN3O4S. The standard InChI is InChI=1S/C24H31ClFN3O4S/c1-6-22(24(31)27-16(2)3)28(14-18-8-10-19(26)11-9-18)23(30)15-29(34(5,32)33)20-12-7-17(4)21(25)13-20/h7-13,16,22H,6,14-15H2,1-5H3,(H,27,31)/t22-/m0/s1. The van der Waals surface area contributed by atoms with Crippen LogP contribution in [-0.2, 0) is 26.2 Å². The molecule has 2 aromatic carbocycles. The molecule has 0 spiro atoms. The topological polar surface area (TPSA) is 86.8 Å². The minimum absolute atomic E-state index is 0.00932. The molecule has 0 bridgehead atoms. The van der Waals surface area contributed by atoms with Crippen LogP contribution < -0.4 is 9.62 Å². The zero-order chi connectivity index (χ0) is 25.6. The van der Waals surface area contributed by atoms with E-state index in [1.54, 1.807) is 26.0 Å². The number of rotatable bonds is 10. The van der Waals surface area contributed by atoms with E-state index in [4.69, 9.17) is 11.6 Å². The van der Waals surface area contributed by atoms with Gasteiger partial charge in [-0.1, -0.05) is 36.7 Å². The van der Waals surface area contributed by atoms with Gasteiger partial charge in [-0.05, 0) is 62.6 Å². The molecule has 0 unspecified atom stereocenters. The molecule has 1 N–H and O–H groups in total. The van der Waals surface area contributed by atoms with Gasteiger partial charge in [0.15, 0.2) is 0 Å². The summed E-state index contributed by atoms with van der Waals surface area (Å²) >= 11 is 6.19. The lowest BCUT2D eigenvalue weighted by Gasteiger charge is -2.33. The van der Waals surface area contributed by atoms with E-state index in [-0.39, 0.29) is 24.2 Å². The predicted molar refractivity (Wildman–Crippen MR) is 133 cm³/mol. The van der Waals surface area contributed by atoms with Crippen LogP contribution >= 0.6 is 11.6 Å². The first-order chi connectivity index (χ1) is 15.8. The van der Waals surface area contributed by atoms with Gasteiger partial charge in [0, 0.05) is 17.6 Å². The van der Waals surface area contributed by atoms with Gasteiger partial charge >= 0.3 is 0 Å². The van der Waals surface area contributed by atoms with Crippen molar-refractivity contribution < 1.29 is 22.4 Å². The molecule has 1 atom stereocenters. The van der Waals surface area contributed by atoms with Crippen LogP contribution in [0.2, 0.25) is 5.02 Å². The lowest BCUT2D eigenvalue weighted by atomic mass is 10.1. The fourth-order valence-electron chi connectivity index (χ4n) is 3.44. The Morgan fingerprint density at radius 2 is 1.74 bits per heavy atom. The van der Waals surface area contributed by atoms with Crippen molar-refractivity contribution in [2.45, 2.75) is 52.7 Å². The van der Waals surface area contributed by atoms with Gasteiger partial charge in [-0.3, -0.25) is 13.9 Å². The lowest BCUT2D eigenvalue weighted by Crippen LogP contribution is -2.53. The van der Waals surface area contributed by atoms with Gasteiger partial charge in [0.1, 0.15) is 18.4 Å². The number of nitrogens with zero attached hydrogens (tertiary/aromatic N) is 2. The van der Waals surface area contributed by atoms with Crippen LogP contribution in [0.1, 0.15) is 38.3 Å². The summed E-state index contributed by atoms with van der Waals surface area (Å²) in [6.07, 6.45) is 1.31. The van der Waals surface area contributed by atoms with E-state index in [9.17, 15) is 22.4 Å². The maximum Gasteiger partial charge on any atom is 0.244 e. The Hall–Kier alpha value is -2.65. The number of carbonyl (C=O) groups is 2. The average molecular weight is 512 g/mol. The number of halogens is 2. The molecule has 0 aromatic heterocycles. The molecular weight excluding hydrogens is 481 g/mol. The molecule has 0 aliphatic rings. The molecule has 0 saturated carbocycles. The highest BCUT2D eigenvalue weighted by Crippen LogP contribution is 2.25. The van der Waals surface area contributed by atoms with Crippen molar-refractivity contribution in [3.8, 4) is 0 Å². The van der Waals surface area contributed by atoms with Crippen LogP contribution in [0.5, 0.6) is 0 Å². The van der Waals surface area contributed by atoms with E-state index in [0.717, 1.165) is 16.1 Å². The fraction of sp³-hybridized carbons (Fsp3) is 0.417. The highest BCUT2D eigenvalue weighted by molar-refractivity contribution is 7.92. The van der Waals surface area contributed by atoms with Crippen LogP contribution in [0.3, 0.4) is 0 Å². The first-order valence-corrected chi connectivity index (χ1v) is 13.1. The summed E-state index contributed by atoms with van der Waals surface area (Å²) in [4.78, 5) is 27.7. The normalized spacial score (nSPS) is 12.4. The Bertz CT molecular complexity index is 1120. The Morgan fingerprint density at radius 1 is 1.12 bits per heavy atom. The second-order valence-corrected chi connectivity index (χ2v) is 10.8. The van der Waals surface area contributed by atoms with Crippen LogP contribution in [0, 0.1) is 12.7 Å². The Balaban J connectivity index is 2.45. The van der Waals surface area contributed by atoms with E-state index < -0.39 is 34.3 Å². The summed E-state index contributed by atoms with van der Waals surface area (Å²) in [7, 11) is -3.85. The van der Waals surface area contributed by atoms with Gasteiger partial charge in [0.05, 0.1) is 11.9 Å². The zero-order valence-corrected chi connectivity index (χ0v) is 21.6. The molecule has 10 heteroatoms. The Labute approximate surface area is 205 Å². The van der Waals surface area contributed by atoms with Crippen LogP contribution in [0.25, 0.3) is 0 Å². The molecule has 0 fully saturated rings. The average Bonchev–Trinajstić information content (AvgIpc) is 2.74. The number of hydrogen-bond acceptors (Lipinski definition) is 4. The maximum absolute atomic E-state index is 13.5. The monoisotopic (exact) mass is 511 g/mol. The van der Waals surface area contributed by atoms with E-state index in [1.165, 1.54) is 35.2 Å².